The zero-order valence-corrected chi connectivity index (χ0v) is 13.2. The molecule has 2 aromatic carbocycles. The largest absolute Gasteiger partial charge is 0.373 e. The van der Waals surface area contributed by atoms with E-state index >= 15 is 0 Å². The third-order valence-electron chi connectivity index (χ3n) is 3.57. The van der Waals surface area contributed by atoms with Gasteiger partial charge in [-0.3, -0.25) is 14.9 Å². The van der Waals surface area contributed by atoms with Gasteiger partial charge in [0.2, 0.25) is 0 Å². The molecule has 0 aromatic heterocycles. The Labute approximate surface area is 139 Å². The molecular weight excluding hydrogens is 308 g/mol. The number of hydrogen-bond donors (Lipinski definition) is 2. The second-order valence-electron chi connectivity index (χ2n) is 5.17. The normalized spacial score (nSPS) is 11.2. The number of amides is 1. The molecule has 0 aliphatic heterocycles. The minimum absolute atomic E-state index is 0.181. The number of anilines is 1. The van der Waals surface area contributed by atoms with Gasteiger partial charge in [-0.25, -0.2) is 0 Å². The second kappa shape index (κ2) is 7.24. The summed E-state index contributed by atoms with van der Waals surface area (Å²) < 4.78 is 0. The van der Waals surface area contributed by atoms with Gasteiger partial charge in [-0.2, -0.15) is 5.26 Å². The Balaban J connectivity index is 2.33. The highest BCUT2D eigenvalue weighted by molar-refractivity contribution is 5.95. The van der Waals surface area contributed by atoms with E-state index in [1.165, 1.54) is 25.2 Å². The van der Waals surface area contributed by atoms with E-state index < -0.39 is 4.92 Å². The number of benzene rings is 2. The van der Waals surface area contributed by atoms with E-state index in [0.29, 0.717) is 11.3 Å². The van der Waals surface area contributed by atoms with E-state index in [9.17, 15) is 14.9 Å². The molecule has 7 heteroatoms. The summed E-state index contributed by atoms with van der Waals surface area (Å²) in [6.45, 7) is 1.84. The average Bonchev–Trinajstić information content (AvgIpc) is 2.61. The van der Waals surface area contributed by atoms with Crippen LogP contribution in [0.25, 0.3) is 0 Å². The molecule has 0 radical (unpaired) electrons. The van der Waals surface area contributed by atoms with Crippen molar-refractivity contribution in [1.29, 1.82) is 5.26 Å². The lowest BCUT2D eigenvalue weighted by Gasteiger charge is -2.16. The predicted molar refractivity (Wildman–Crippen MR) is 89.7 cm³/mol. The summed E-state index contributed by atoms with van der Waals surface area (Å²) in [5, 5.41) is 25.7. The Bertz CT molecular complexity index is 827. The number of nitriles is 1. The van der Waals surface area contributed by atoms with Gasteiger partial charge < -0.3 is 10.6 Å². The van der Waals surface area contributed by atoms with Crippen LogP contribution < -0.4 is 10.6 Å². The van der Waals surface area contributed by atoms with Crippen molar-refractivity contribution < 1.29 is 9.72 Å². The van der Waals surface area contributed by atoms with Crippen LogP contribution in [0.4, 0.5) is 11.4 Å². The molecular formula is C17H16N4O3. The van der Waals surface area contributed by atoms with E-state index in [0.717, 1.165) is 5.56 Å². The first kappa shape index (κ1) is 17.0. The topological polar surface area (TPSA) is 108 Å². The molecule has 7 nitrogen and oxygen atoms in total. The summed E-state index contributed by atoms with van der Waals surface area (Å²) in [5.41, 5.74) is 1.69. The number of nitrogens with one attached hydrogen (secondary N) is 2. The Morgan fingerprint density at radius 2 is 2.04 bits per heavy atom. The first-order chi connectivity index (χ1) is 11.5. The fourth-order valence-corrected chi connectivity index (χ4v) is 2.28. The molecule has 0 bridgehead atoms. The molecule has 2 aromatic rings. The van der Waals surface area contributed by atoms with E-state index in [4.69, 9.17) is 5.26 Å². The van der Waals surface area contributed by atoms with Crippen molar-refractivity contribution in [2.75, 3.05) is 12.4 Å². The molecule has 0 fully saturated rings. The van der Waals surface area contributed by atoms with Gasteiger partial charge in [0.1, 0.15) is 5.69 Å². The molecule has 0 aliphatic rings. The van der Waals surface area contributed by atoms with Crippen LogP contribution in [0.5, 0.6) is 0 Å². The van der Waals surface area contributed by atoms with Crippen LogP contribution in [0.2, 0.25) is 0 Å². The monoisotopic (exact) mass is 324 g/mol. The molecule has 2 N–H and O–H groups in total. The van der Waals surface area contributed by atoms with E-state index in [2.05, 4.69) is 16.7 Å². The molecule has 0 saturated carbocycles. The predicted octanol–water partition coefficient (Wildman–Crippen LogP) is 3.00. The minimum Gasteiger partial charge on any atom is -0.373 e. The maximum atomic E-state index is 11.6. The van der Waals surface area contributed by atoms with Gasteiger partial charge in [-0.1, -0.05) is 12.1 Å². The maximum absolute atomic E-state index is 11.6. The van der Waals surface area contributed by atoms with Crippen LogP contribution in [-0.4, -0.2) is 17.9 Å². The van der Waals surface area contributed by atoms with Gasteiger partial charge >= 0.3 is 0 Å². The molecule has 24 heavy (non-hydrogen) atoms. The summed E-state index contributed by atoms with van der Waals surface area (Å²) in [5.74, 6) is -0.389. The van der Waals surface area contributed by atoms with Crippen LogP contribution in [0.1, 0.15) is 34.5 Å². The molecule has 2 rings (SSSR count). The first-order valence-corrected chi connectivity index (χ1v) is 7.23. The van der Waals surface area contributed by atoms with Gasteiger partial charge in [0.05, 0.1) is 16.6 Å². The summed E-state index contributed by atoms with van der Waals surface area (Å²) in [7, 11) is 1.46. The van der Waals surface area contributed by atoms with Crippen LogP contribution in [0.3, 0.4) is 0 Å². The Kier molecular flexibility index (Phi) is 5.12. The third-order valence-corrected chi connectivity index (χ3v) is 3.57. The SMILES string of the molecule is CNC(=O)c1ccc(NC(C)c2cccc(C#N)c2)c([N+](=O)[O-])c1. The first-order valence-electron chi connectivity index (χ1n) is 7.23. The van der Waals surface area contributed by atoms with Crippen molar-refractivity contribution >= 4 is 17.3 Å². The van der Waals surface area contributed by atoms with Crippen LogP contribution >= 0.6 is 0 Å². The van der Waals surface area contributed by atoms with E-state index in [-0.39, 0.29) is 23.2 Å². The fourth-order valence-electron chi connectivity index (χ4n) is 2.28. The summed E-state index contributed by atoms with van der Waals surface area (Å²) in [6.07, 6.45) is 0. The quantitative estimate of drug-likeness (QED) is 0.649. The molecule has 1 atom stereocenters. The lowest BCUT2D eigenvalue weighted by Crippen LogP contribution is -2.18. The van der Waals surface area contributed by atoms with Crippen molar-refractivity contribution in [3.05, 3.63) is 69.3 Å². The lowest BCUT2D eigenvalue weighted by molar-refractivity contribution is -0.384. The van der Waals surface area contributed by atoms with Crippen molar-refractivity contribution in [3.63, 3.8) is 0 Å². The average molecular weight is 324 g/mol. The molecule has 0 spiro atoms. The van der Waals surface area contributed by atoms with Crippen LogP contribution in [-0.2, 0) is 0 Å². The van der Waals surface area contributed by atoms with Crippen LogP contribution in [0, 0.1) is 21.4 Å². The maximum Gasteiger partial charge on any atom is 0.293 e. The van der Waals surface area contributed by atoms with Crippen molar-refractivity contribution in [1.82, 2.24) is 5.32 Å². The minimum atomic E-state index is -0.535. The van der Waals surface area contributed by atoms with Gasteiger partial charge in [-0.15, -0.1) is 0 Å². The highest BCUT2D eigenvalue weighted by Crippen LogP contribution is 2.29. The molecule has 0 saturated heterocycles. The van der Waals surface area contributed by atoms with Crippen molar-refractivity contribution in [2.24, 2.45) is 0 Å². The number of nitrogens with zero attached hydrogens (tertiary/aromatic N) is 2. The highest BCUT2D eigenvalue weighted by atomic mass is 16.6. The smallest absolute Gasteiger partial charge is 0.293 e. The molecule has 0 aliphatic carbocycles. The Morgan fingerprint density at radius 3 is 2.67 bits per heavy atom. The number of hydrogen-bond acceptors (Lipinski definition) is 5. The molecule has 1 amide bonds. The van der Waals surface area contributed by atoms with Gasteiger partial charge in [0.25, 0.3) is 11.6 Å². The fraction of sp³-hybridized carbons (Fsp3) is 0.176. The summed E-state index contributed by atoms with van der Waals surface area (Å²) >= 11 is 0. The van der Waals surface area contributed by atoms with Gasteiger partial charge in [-0.05, 0) is 36.8 Å². The number of carbonyl (C=O) groups is 1. The summed E-state index contributed by atoms with van der Waals surface area (Å²) in [4.78, 5) is 22.4. The summed E-state index contributed by atoms with van der Waals surface area (Å²) in [6, 6.07) is 13.1. The van der Waals surface area contributed by atoms with Crippen molar-refractivity contribution in [2.45, 2.75) is 13.0 Å². The number of carbonyl (C=O) groups excluding carboxylic acids is 1. The highest BCUT2D eigenvalue weighted by Gasteiger charge is 2.19. The van der Waals surface area contributed by atoms with Crippen molar-refractivity contribution in [3.8, 4) is 6.07 Å². The number of rotatable bonds is 5. The Hall–Kier alpha value is -3.40. The van der Waals surface area contributed by atoms with E-state index in [1.54, 1.807) is 18.2 Å². The zero-order valence-electron chi connectivity index (χ0n) is 13.2. The molecule has 1 unspecified atom stereocenters. The molecule has 122 valence electrons. The lowest BCUT2D eigenvalue weighted by atomic mass is 10.0. The Morgan fingerprint density at radius 1 is 1.29 bits per heavy atom. The van der Waals surface area contributed by atoms with Gasteiger partial charge in [0.15, 0.2) is 0 Å². The standard InChI is InChI=1S/C17H16N4O3/c1-11(13-5-3-4-12(8-13)10-18)20-15-7-6-14(17(22)19-2)9-16(15)21(23)24/h3-9,11,20H,1-2H3,(H,19,22). The third kappa shape index (κ3) is 3.67. The zero-order chi connectivity index (χ0) is 17.7. The molecule has 0 heterocycles. The second-order valence-corrected chi connectivity index (χ2v) is 5.17. The number of nitro benzene ring substituents is 1. The van der Waals surface area contributed by atoms with Gasteiger partial charge in [0, 0.05) is 24.7 Å². The number of nitro groups is 1. The van der Waals surface area contributed by atoms with E-state index in [1.807, 2.05) is 13.0 Å². The van der Waals surface area contributed by atoms with Crippen LogP contribution in [0.15, 0.2) is 42.5 Å².